The lowest BCUT2D eigenvalue weighted by Crippen LogP contribution is -2.44. The smallest absolute Gasteiger partial charge is 0.239 e. The Morgan fingerprint density at radius 1 is 1.13 bits per heavy atom. The Labute approximate surface area is 176 Å². The Balaban J connectivity index is 1.44. The number of carbonyl (C=O) groups is 2. The number of fused-ring (bicyclic) bond motifs is 1. The van der Waals surface area contributed by atoms with Crippen LogP contribution in [-0.2, 0) is 16.1 Å². The SMILES string of the molecule is CN=C(NCC(=O)NCc1ccc(OC)cc1)NCC1CC(=O)Nc2ccccc21. The molecule has 0 fully saturated rings. The molecule has 0 aromatic heterocycles. The van der Waals surface area contributed by atoms with Gasteiger partial charge in [-0.15, -0.1) is 0 Å². The molecule has 0 saturated carbocycles. The third-order valence-electron chi connectivity index (χ3n) is 4.91. The third kappa shape index (κ3) is 5.73. The topological polar surface area (TPSA) is 104 Å². The number of hydrogen-bond acceptors (Lipinski definition) is 4. The molecular weight excluding hydrogens is 382 g/mol. The second kappa shape index (κ2) is 10.3. The van der Waals surface area contributed by atoms with Crippen LogP contribution in [-0.4, -0.2) is 45.0 Å². The van der Waals surface area contributed by atoms with E-state index in [0.717, 1.165) is 22.6 Å². The molecule has 30 heavy (non-hydrogen) atoms. The van der Waals surface area contributed by atoms with Gasteiger partial charge in [0.05, 0.1) is 13.7 Å². The van der Waals surface area contributed by atoms with Gasteiger partial charge in [-0.1, -0.05) is 30.3 Å². The summed E-state index contributed by atoms with van der Waals surface area (Å²) in [7, 11) is 3.26. The van der Waals surface area contributed by atoms with Crippen LogP contribution in [0.5, 0.6) is 5.75 Å². The lowest BCUT2D eigenvalue weighted by molar-refractivity contribution is -0.120. The minimum absolute atomic E-state index is 0.00126. The Bertz CT molecular complexity index is 911. The maximum absolute atomic E-state index is 12.1. The van der Waals surface area contributed by atoms with E-state index in [4.69, 9.17) is 4.74 Å². The molecule has 8 nitrogen and oxygen atoms in total. The average Bonchev–Trinajstić information content (AvgIpc) is 2.77. The molecule has 158 valence electrons. The van der Waals surface area contributed by atoms with Crippen LogP contribution >= 0.6 is 0 Å². The fourth-order valence-electron chi connectivity index (χ4n) is 3.29. The zero-order valence-corrected chi connectivity index (χ0v) is 17.2. The summed E-state index contributed by atoms with van der Waals surface area (Å²) >= 11 is 0. The van der Waals surface area contributed by atoms with Crippen molar-refractivity contribution < 1.29 is 14.3 Å². The number of para-hydroxylation sites is 1. The predicted octanol–water partition coefficient (Wildman–Crippen LogP) is 1.60. The standard InChI is InChI=1S/C22H27N5O3/c1-23-22(25-13-16-11-20(28)27-19-6-4-3-5-18(16)19)26-14-21(29)24-12-15-7-9-17(30-2)10-8-15/h3-10,16H,11-14H2,1-2H3,(H,24,29)(H,27,28)(H2,23,25,26). The number of guanidine groups is 1. The van der Waals surface area contributed by atoms with E-state index in [1.165, 1.54) is 0 Å². The molecular formula is C22H27N5O3. The van der Waals surface area contributed by atoms with Gasteiger partial charge in [-0.3, -0.25) is 14.6 Å². The molecule has 1 unspecified atom stereocenters. The van der Waals surface area contributed by atoms with Crippen molar-refractivity contribution in [2.24, 2.45) is 4.99 Å². The monoisotopic (exact) mass is 409 g/mol. The van der Waals surface area contributed by atoms with E-state index < -0.39 is 0 Å². The van der Waals surface area contributed by atoms with Crippen molar-refractivity contribution in [1.29, 1.82) is 0 Å². The number of nitrogens with one attached hydrogen (secondary N) is 4. The minimum atomic E-state index is -0.142. The minimum Gasteiger partial charge on any atom is -0.497 e. The maximum Gasteiger partial charge on any atom is 0.239 e. The molecule has 1 heterocycles. The van der Waals surface area contributed by atoms with E-state index in [0.29, 0.717) is 25.5 Å². The Morgan fingerprint density at radius 3 is 2.63 bits per heavy atom. The number of ether oxygens (including phenoxy) is 1. The van der Waals surface area contributed by atoms with Crippen LogP contribution in [0, 0.1) is 0 Å². The number of aliphatic imine (C=N–C) groups is 1. The lowest BCUT2D eigenvalue weighted by atomic mass is 9.90. The van der Waals surface area contributed by atoms with E-state index in [1.807, 2.05) is 48.5 Å². The van der Waals surface area contributed by atoms with Crippen molar-refractivity contribution in [2.45, 2.75) is 18.9 Å². The van der Waals surface area contributed by atoms with Crippen LogP contribution in [0.3, 0.4) is 0 Å². The highest BCUT2D eigenvalue weighted by molar-refractivity contribution is 5.95. The first kappa shape index (κ1) is 21.2. The molecule has 4 N–H and O–H groups in total. The first-order valence-electron chi connectivity index (χ1n) is 9.82. The molecule has 8 heteroatoms. The lowest BCUT2D eigenvalue weighted by Gasteiger charge is -2.26. The molecule has 3 rings (SSSR count). The van der Waals surface area contributed by atoms with Crippen molar-refractivity contribution in [2.75, 3.05) is 32.6 Å². The molecule has 0 aliphatic carbocycles. The van der Waals surface area contributed by atoms with Crippen LogP contribution in [0.4, 0.5) is 5.69 Å². The van der Waals surface area contributed by atoms with Gasteiger partial charge >= 0.3 is 0 Å². The van der Waals surface area contributed by atoms with Gasteiger partial charge in [-0.25, -0.2) is 0 Å². The number of carbonyl (C=O) groups excluding carboxylic acids is 2. The van der Waals surface area contributed by atoms with Crippen molar-refractivity contribution in [3.05, 3.63) is 59.7 Å². The number of rotatable bonds is 7. The quantitative estimate of drug-likeness (QED) is 0.411. The van der Waals surface area contributed by atoms with Crippen molar-refractivity contribution >= 4 is 23.5 Å². The van der Waals surface area contributed by atoms with Crippen molar-refractivity contribution in [3.63, 3.8) is 0 Å². The molecule has 2 aromatic rings. The van der Waals surface area contributed by atoms with Gasteiger partial charge < -0.3 is 26.0 Å². The summed E-state index contributed by atoms with van der Waals surface area (Å²) in [5.74, 6) is 1.19. The van der Waals surface area contributed by atoms with Crippen molar-refractivity contribution in [1.82, 2.24) is 16.0 Å². The van der Waals surface area contributed by atoms with Crippen LogP contribution in [0.25, 0.3) is 0 Å². The number of anilines is 1. The van der Waals surface area contributed by atoms with Gasteiger partial charge in [0.25, 0.3) is 0 Å². The van der Waals surface area contributed by atoms with Crippen molar-refractivity contribution in [3.8, 4) is 5.75 Å². The van der Waals surface area contributed by atoms with Crippen LogP contribution < -0.4 is 26.0 Å². The van der Waals surface area contributed by atoms with Crippen LogP contribution in [0.15, 0.2) is 53.5 Å². The van der Waals surface area contributed by atoms with Gasteiger partial charge in [-0.05, 0) is 29.3 Å². The van der Waals surface area contributed by atoms with Gasteiger partial charge in [0.15, 0.2) is 5.96 Å². The summed E-state index contributed by atoms with van der Waals surface area (Å²) in [6.07, 6.45) is 0.406. The Morgan fingerprint density at radius 2 is 1.90 bits per heavy atom. The predicted molar refractivity (Wildman–Crippen MR) is 117 cm³/mol. The second-order valence-electron chi connectivity index (χ2n) is 6.97. The molecule has 1 aliphatic rings. The number of amides is 2. The highest BCUT2D eigenvalue weighted by Gasteiger charge is 2.24. The second-order valence-corrected chi connectivity index (χ2v) is 6.97. The number of nitrogens with zero attached hydrogens (tertiary/aromatic N) is 1. The molecule has 2 aromatic carbocycles. The zero-order chi connectivity index (χ0) is 21.3. The van der Waals surface area contributed by atoms with E-state index >= 15 is 0 Å². The molecule has 0 radical (unpaired) electrons. The highest BCUT2D eigenvalue weighted by atomic mass is 16.5. The fourth-order valence-corrected chi connectivity index (χ4v) is 3.29. The summed E-state index contributed by atoms with van der Waals surface area (Å²) in [6.45, 7) is 1.07. The fraction of sp³-hybridized carbons (Fsp3) is 0.318. The van der Waals surface area contributed by atoms with E-state index in [-0.39, 0.29) is 24.3 Å². The summed E-state index contributed by atoms with van der Waals surface area (Å²) in [6, 6.07) is 15.3. The largest absolute Gasteiger partial charge is 0.497 e. The number of benzene rings is 2. The van der Waals surface area contributed by atoms with Crippen LogP contribution in [0.2, 0.25) is 0 Å². The molecule has 0 bridgehead atoms. The third-order valence-corrected chi connectivity index (χ3v) is 4.91. The van der Waals surface area contributed by atoms with E-state index in [2.05, 4.69) is 26.3 Å². The van der Waals surface area contributed by atoms with E-state index in [9.17, 15) is 9.59 Å². The Hall–Kier alpha value is -3.55. The maximum atomic E-state index is 12.1. The average molecular weight is 409 g/mol. The van der Waals surface area contributed by atoms with Crippen LogP contribution in [0.1, 0.15) is 23.5 Å². The van der Waals surface area contributed by atoms with Gasteiger partial charge in [0, 0.05) is 38.2 Å². The summed E-state index contributed by atoms with van der Waals surface area (Å²) < 4.78 is 5.12. The highest BCUT2D eigenvalue weighted by Crippen LogP contribution is 2.31. The van der Waals surface area contributed by atoms with Gasteiger partial charge in [0.1, 0.15) is 5.75 Å². The first-order chi connectivity index (χ1) is 14.6. The number of hydrogen-bond donors (Lipinski definition) is 4. The Kier molecular flexibility index (Phi) is 7.26. The normalized spacial score (nSPS) is 15.6. The molecule has 0 spiro atoms. The van der Waals surface area contributed by atoms with E-state index in [1.54, 1.807) is 14.2 Å². The van der Waals surface area contributed by atoms with Gasteiger partial charge in [-0.2, -0.15) is 0 Å². The zero-order valence-electron chi connectivity index (χ0n) is 17.2. The molecule has 2 amide bonds. The summed E-state index contributed by atoms with van der Waals surface area (Å²) in [5.41, 5.74) is 2.93. The molecule has 1 atom stereocenters. The molecule has 0 saturated heterocycles. The first-order valence-corrected chi connectivity index (χ1v) is 9.82. The number of methoxy groups -OCH3 is 1. The summed E-state index contributed by atoms with van der Waals surface area (Å²) in [5, 5.41) is 12.0. The molecule has 1 aliphatic heterocycles. The van der Waals surface area contributed by atoms with Gasteiger partial charge in [0.2, 0.25) is 11.8 Å². The summed E-state index contributed by atoms with van der Waals surface area (Å²) in [4.78, 5) is 28.2.